The van der Waals surface area contributed by atoms with Crippen molar-refractivity contribution in [1.29, 1.82) is 0 Å². The normalized spacial score (nSPS) is 19.6. The molecule has 1 aliphatic heterocycles. The molecule has 1 fully saturated rings. The lowest BCUT2D eigenvalue weighted by Crippen LogP contribution is -2.51. The highest BCUT2D eigenvalue weighted by molar-refractivity contribution is 6.06. The SMILES string of the molecule is CN1C(=O)CC(NC(=O)NC(CC(=O)O)C(=O)O)C1=O. The summed E-state index contributed by atoms with van der Waals surface area (Å²) < 4.78 is 0. The minimum absolute atomic E-state index is 0.223. The van der Waals surface area contributed by atoms with Crippen LogP contribution in [0.5, 0.6) is 0 Å². The zero-order valence-corrected chi connectivity index (χ0v) is 10.5. The molecule has 0 aromatic carbocycles. The molecule has 10 nitrogen and oxygen atoms in total. The molecular weight excluding hydrogens is 274 g/mol. The summed E-state index contributed by atoms with van der Waals surface area (Å²) in [7, 11) is 1.26. The van der Waals surface area contributed by atoms with Crippen LogP contribution < -0.4 is 10.6 Å². The first-order chi connectivity index (χ1) is 9.22. The first-order valence-corrected chi connectivity index (χ1v) is 5.54. The monoisotopic (exact) mass is 287 g/mol. The number of rotatable bonds is 5. The average molecular weight is 287 g/mol. The molecule has 0 aromatic rings. The van der Waals surface area contributed by atoms with E-state index in [2.05, 4.69) is 5.32 Å². The highest BCUT2D eigenvalue weighted by Crippen LogP contribution is 2.10. The lowest BCUT2D eigenvalue weighted by atomic mass is 10.2. The summed E-state index contributed by atoms with van der Waals surface area (Å²) in [4.78, 5) is 56.2. The van der Waals surface area contributed by atoms with Gasteiger partial charge >= 0.3 is 18.0 Å². The van der Waals surface area contributed by atoms with E-state index in [9.17, 15) is 24.0 Å². The number of likely N-dealkylation sites (N-methyl/N-ethyl adjacent to an activating group) is 1. The summed E-state index contributed by atoms with van der Waals surface area (Å²) in [6, 6.07) is -3.73. The van der Waals surface area contributed by atoms with Crippen LogP contribution in [0.2, 0.25) is 0 Å². The number of hydrogen-bond acceptors (Lipinski definition) is 5. The predicted octanol–water partition coefficient (Wildman–Crippen LogP) is -2.03. The van der Waals surface area contributed by atoms with Gasteiger partial charge in [0.25, 0.3) is 5.91 Å². The summed E-state index contributed by atoms with van der Waals surface area (Å²) in [5, 5.41) is 21.3. The second kappa shape index (κ2) is 5.99. The number of nitrogens with zero attached hydrogens (tertiary/aromatic N) is 1. The summed E-state index contributed by atoms with van der Waals surface area (Å²) in [6.07, 6.45) is -1.03. The molecule has 4 N–H and O–H groups in total. The van der Waals surface area contributed by atoms with Gasteiger partial charge in [0.15, 0.2) is 0 Å². The largest absolute Gasteiger partial charge is 0.481 e. The Morgan fingerprint density at radius 3 is 2.35 bits per heavy atom. The standard InChI is InChI=1S/C10H13N3O7/c1-13-6(14)2-4(8(13)17)11-10(20)12-5(9(18)19)3-7(15)16/h4-5H,2-3H2,1H3,(H,15,16)(H,18,19)(H2,11,12,20). The lowest BCUT2D eigenvalue weighted by Gasteiger charge is -2.15. The Labute approximate surface area is 112 Å². The van der Waals surface area contributed by atoms with Crippen molar-refractivity contribution in [2.45, 2.75) is 24.9 Å². The molecule has 2 unspecified atom stereocenters. The summed E-state index contributed by atoms with van der Waals surface area (Å²) in [5.41, 5.74) is 0. The van der Waals surface area contributed by atoms with Gasteiger partial charge in [-0.15, -0.1) is 0 Å². The van der Waals surface area contributed by atoms with Gasteiger partial charge in [-0.05, 0) is 0 Å². The fourth-order valence-corrected chi connectivity index (χ4v) is 1.60. The molecule has 0 bridgehead atoms. The molecule has 1 aliphatic rings. The van der Waals surface area contributed by atoms with E-state index < -0.39 is 48.3 Å². The molecular formula is C10H13N3O7. The van der Waals surface area contributed by atoms with Gasteiger partial charge in [-0.3, -0.25) is 19.3 Å². The predicted molar refractivity (Wildman–Crippen MR) is 61.5 cm³/mol. The van der Waals surface area contributed by atoms with E-state index in [1.807, 2.05) is 5.32 Å². The van der Waals surface area contributed by atoms with Crippen LogP contribution in [0.4, 0.5) is 4.79 Å². The van der Waals surface area contributed by atoms with Crippen molar-refractivity contribution < 1.29 is 34.2 Å². The lowest BCUT2D eigenvalue weighted by molar-refractivity contribution is -0.145. The molecule has 1 heterocycles. The van der Waals surface area contributed by atoms with Crippen LogP contribution in [0.3, 0.4) is 0 Å². The van der Waals surface area contributed by atoms with Crippen LogP contribution in [0.25, 0.3) is 0 Å². The number of aliphatic carboxylic acids is 2. The molecule has 10 heteroatoms. The van der Waals surface area contributed by atoms with Crippen molar-refractivity contribution in [3.05, 3.63) is 0 Å². The van der Waals surface area contributed by atoms with Crippen molar-refractivity contribution in [3.8, 4) is 0 Å². The molecule has 1 saturated heterocycles. The Bertz CT molecular complexity index is 467. The van der Waals surface area contributed by atoms with Crippen molar-refractivity contribution in [2.24, 2.45) is 0 Å². The Hall–Kier alpha value is -2.65. The number of imide groups is 1. The molecule has 0 radical (unpaired) electrons. The van der Waals surface area contributed by atoms with Crippen LogP contribution in [0, 0.1) is 0 Å². The Balaban J connectivity index is 2.58. The number of urea groups is 1. The molecule has 2 atom stereocenters. The van der Waals surface area contributed by atoms with E-state index in [0.717, 1.165) is 4.90 Å². The average Bonchev–Trinajstić information content (AvgIpc) is 2.55. The highest BCUT2D eigenvalue weighted by Gasteiger charge is 2.37. The van der Waals surface area contributed by atoms with Crippen LogP contribution in [-0.2, 0) is 19.2 Å². The van der Waals surface area contributed by atoms with Gasteiger partial charge in [-0.1, -0.05) is 0 Å². The molecule has 110 valence electrons. The second-order valence-corrected chi connectivity index (χ2v) is 4.15. The number of nitrogens with one attached hydrogen (secondary N) is 2. The molecule has 0 spiro atoms. The second-order valence-electron chi connectivity index (χ2n) is 4.15. The number of carbonyl (C=O) groups is 5. The van der Waals surface area contributed by atoms with Gasteiger partial charge < -0.3 is 20.8 Å². The fraction of sp³-hybridized carbons (Fsp3) is 0.500. The van der Waals surface area contributed by atoms with Gasteiger partial charge in [0.05, 0.1) is 12.8 Å². The molecule has 1 rings (SSSR count). The van der Waals surface area contributed by atoms with Crippen molar-refractivity contribution in [3.63, 3.8) is 0 Å². The zero-order chi connectivity index (χ0) is 15.4. The first-order valence-electron chi connectivity index (χ1n) is 5.54. The summed E-state index contributed by atoms with van der Waals surface area (Å²) >= 11 is 0. The maximum Gasteiger partial charge on any atom is 0.326 e. The number of carbonyl (C=O) groups excluding carboxylic acids is 3. The van der Waals surface area contributed by atoms with Gasteiger partial charge in [0.2, 0.25) is 5.91 Å². The molecule has 4 amide bonds. The van der Waals surface area contributed by atoms with E-state index in [1.165, 1.54) is 7.05 Å². The topological polar surface area (TPSA) is 153 Å². The summed E-state index contributed by atoms with van der Waals surface area (Å²) in [5.74, 6) is -4.01. The van der Waals surface area contributed by atoms with Crippen molar-refractivity contribution in [1.82, 2.24) is 15.5 Å². The number of amides is 4. The minimum Gasteiger partial charge on any atom is -0.481 e. The van der Waals surface area contributed by atoms with E-state index in [0.29, 0.717) is 0 Å². The van der Waals surface area contributed by atoms with Gasteiger partial charge in [-0.2, -0.15) is 0 Å². The Kier molecular flexibility index (Phi) is 4.62. The first kappa shape index (κ1) is 15.4. The molecule has 20 heavy (non-hydrogen) atoms. The molecule has 0 saturated carbocycles. The van der Waals surface area contributed by atoms with Crippen LogP contribution in [-0.4, -0.2) is 64.0 Å². The van der Waals surface area contributed by atoms with Gasteiger partial charge in [0.1, 0.15) is 12.1 Å². The minimum atomic E-state index is -1.63. The number of likely N-dealkylation sites (tertiary alicyclic amines) is 1. The number of carboxylic acids is 2. The fourth-order valence-electron chi connectivity index (χ4n) is 1.60. The highest BCUT2D eigenvalue weighted by atomic mass is 16.4. The van der Waals surface area contributed by atoms with Crippen LogP contribution in [0.15, 0.2) is 0 Å². The van der Waals surface area contributed by atoms with Crippen molar-refractivity contribution >= 4 is 29.8 Å². The number of hydrogen-bond donors (Lipinski definition) is 4. The van der Waals surface area contributed by atoms with Gasteiger partial charge in [0, 0.05) is 7.05 Å². The van der Waals surface area contributed by atoms with E-state index in [4.69, 9.17) is 10.2 Å². The Morgan fingerprint density at radius 1 is 1.35 bits per heavy atom. The maximum atomic E-state index is 11.5. The van der Waals surface area contributed by atoms with Crippen LogP contribution >= 0.6 is 0 Å². The van der Waals surface area contributed by atoms with Gasteiger partial charge in [-0.25, -0.2) is 9.59 Å². The third-order valence-electron chi connectivity index (χ3n) is 2.67. The zero-order valence-electron chi connectivity index (χ0n) is 10.5. The third-order valence-corrected chi connectivity index (χ3v) is 2.67. The quantitative estimate of drug-likeness (QED) is 0.425. The van der Waals surface area contributed by atoms with E-state index in [-0.39, 0.29) is 6.42 Å². The van der Waals surface area contributed by atoms with Crippen LogP contribution in [0.1, 0.15) is 12.8 Å². The van der Waals surface area contributed by atoms with Crippen molar-refractivity contribution in [2.75, 3.05) is 7.05 Å². The maximum absolute atomic E-state index is 11.5. The Morgan fingerprint density at radius 2 is 1.95 bits per heavy atom. The molecule has 0 aliphatic carbocycles. The smallest absolute Gasteiger partial charge is 0.326 e. The third kappa shape index (κ3) is 3.67. The van der Waals surface area contributed by atoms with E-state index >= 15 is 0 Å². The number of carboxylic acid groups (broad SMARTS) is 2. The summed E-state index contributed by atoms with van der Waals surface area (Å²) in [6.45, 7) is 0. The molecule has 0 aromatic heterocycles. The van der Waals surface area contributed by atoms with E-state index in [1.54, 1.807) is 0 Å².